The van der Waals surface area contributed by atoms with E-state index in [4.69, 9.17) is 16.9 Å². The van der Waals surface area contributed by atoms with Crippen molar-refractivity contribution < 1.29 is 0 Å². The van der Waals surface area contributed by atoms with Crippen LogP contribution in [-0.4, -0.2) is 6.54 Å². The number of hydrogen-bond acceptors (Lipinski definition) is 2. The molecule has 1 N–H and O–H groups in total. The van der Waals surface area contributed by atoms with Crippen LogP contribution in [0.5, 0.6) is 0 Å². The molecular weight excluding hydrogens is 208 g/mol. The van der Waals surface area contributed by atoms with Crippen LogP contribution < -0.4 is 5.32 Å². The number of halogens is 1. The maximum absolute atomic E-state index is 9.02. The van der Waals surface area contributed by atoms with Crippen LogP contribution in [0, 0.1) is 17.2 Å². The van der Waals surface area contributed by atoms with Gasteiger partial charge in [0.15, 0.2) is 0 Å². The standard InChI is InChI=1S/C12H15ClN2/c1-9(2)8-15-12(7-14)10-3-5-11(13)6-4-10/h3-6,9,12,15H,8H2,1-2H3. The maximum Gasteiger partial charge on any atom is 0.121 e. The molecule has 0 spiro atoms. The smallest absolute Gasteiger partial charge is 0.121 e. The first-order valence-corrected chi connectivity index (χ1v) is 5.39. The van der Waals surface area contributed by atoms with Gasteiger partial charge >= 0.3 is 0 Å². The van der Waals surface area contributed by atoms with E-state index in [1.165, 1.54) is 0 Å². The highest BCUT2D eigenvalue weighted by Crippen LogP contribution is 2.16. The average Bonchev–Trinajstić information content (AvgIpc) is 2.21. The van der Waals surface area contributed by atoms with Gasteiger partial charge in [0.1, 0.15) is 6.04 Å². The molecule has 1 unspecified atom stereocenters. The third kappa shape index (κ3) is 3.91. The van der Waals surface area contributed by atoms with Gasteiger partial charge in [0.25, 0.3) is 0 Å². The zero-order chi connectivity index (χ0) is 11.3. The molecule has 0 saturated carbocycles. The molecule has 0 aliphatic rings. The largest absolute Gasteiger partial charge is 0.298 e. The van der Waals surface area contributed by atoms with Crippen LogP contribution in [0.2, 0.25) is 5.02 Å². The Balaban J connectivity index is 2.67. The first-order chi connectivity index (χ1) is 7.13. The van der Waals surface area contributed by atoms with Gasteiger partial charge in [-0.25, -0.2) is 0 Å². The van der Waals surface area contributed by atoms with E-state index in [-0.39, 0.29) is 6.04 Å². The molecule has 1 rings (SSSR count). The summed E-state index contributed by atoms with van der Waals surface area (Å²) in [6.45, 7) is 5.06. The lowest BCUT2D eigenvalue weighted by Crippen LogP contribution is -2.24. The second-order valence-electron chi connectivity index (χ2n) is 3.92. The Kier molecular flexibility index (Phi) is 4.61. The maximum atomic E-state index is 9.02. The first kappa shape index (κ1) is 12.0. The summed E-state index contributed by atoms with van der Waals surface area (Å²) in [6.07, 6.45) is 0. The molecule has 80 valence electrons. The van der Waals surface area contributed by atoms with Crippen molar-refractivity contribution in [3.05, 3.63) is 34.9 Å². The van der Waals surface area contributed by atoms with E-state index in [0.717, 1.165) is 12.1 Å². The van der Waals surface area contributed by atoms with E-state index in [2.05, 4.69) is 25.2 Å². The van der Waals surface area contributed by atoms with Gasteiger partial charge in [0, 0.05) is 5.02 Å². The predicted molar refractivity (Wildman–Crippen MR) is 62.6 cm³/mol. The fraction of sp³-hybridized carbons (Fsp3) is 0.417. The van der Waals surface area contributed by atoms with E-state index < -0.39 is 0 Å². The lowest BCUT2D eigenvalue weighted by atomic mass is 10.1. The molecule has 0 saturated heterocycles. The van der Waals surface area contributed by atoms with Crippen molar-refractivity contribution in [3.63, 3.8) is 0 Å². The summed E-state index contributed by atoms with van der Waals surface area (Å²) < 4.78 is 0. The van der Waals surface area contributed by atoms with Crippen LogP contribution in [0.25, 0.3) is 0 Å². The second kappa shape index (κ2) is 5.75. The summed E-state index contributed by atoms with van der Waals surface area (Å²) in [7, 11) is 0. The van der Waals surface area contributed by atoms with E-state index in [1.807, 2.05) is 12.1 Å². The highest BCUT2D eigenvalue weighted by molar-refractivity contribution is 6.30. The highest BCUT2D eigenvalue weighted by Gasteiger charge is 2.09. The number of nitriles is 1. The molecule has 3 heteroatoms. The SMILES string of the molecule is CC(C)CNC(C#N)c1ccc(Cl)cc1. The Morgan fingerprint density at radius 2 is 1.93 bits per heavy atom. The molecule has 15 heavy (non-hydrogen) atoms. The Labute approximate surface area is 95.9 Å². The number of nitrogens with one attached hydrogen (secondary N) is 1. The summed E-state index contributed by atoms with van der Waals surface area (Å²) in [5, 5.41) is 12.9. The minimum Gasteiger partial charge on any atom is -0.298 e. The van der Waals surface area contributed by atoms with E-state index >= 15 is 0 Å². The summed E-state index contributed by atoms with van der Waals surface area (Å²) >= 11 is 5.78. The molecule has 1 aromatic rings. The summed E-state index contributed by atoms with van der Waals surface area (Å²) in [6, 6.07) is 9.36. The molecule has 0 aliphatic carbocycles. The molecule has 0 heterocycles. The third-order valence-electron chi connectivity index (χ3n) is 2.06. The Bertz CT molecular complexity index is 338. The fourth-order valence-electron chi connectivity index (χ4n) is 1.25. The summed E-state index contributed by atoms with van der Waals surface area (Å²) in [5.74, 6) is 0.535. The molecule has 0 aromatic heterocycles. The van der Waals surface area contributed by atoms with Gasteiger partial charge in [-0.15, -0.1) is 0 Å². The van der Waals surface area contributed by atoms with Crippen molar-refractivity contribution in [1.29, 1.82) is 5.26 Å². The van der Waals surface area contributed by atoms with Crippen LogP contribution in [-0.2, 0) is 0 Å². The van der Waals surface area contributed by atoms with Crippen LogP contribution in [0.3, 0.4) is 0 Å². The van der Waals surface area contributed by atoms with Crippen molar-refractivity contribution in [1.82, 2.24) is 5.32 Å². The fourth-order valence-corrected chi connectivity index (χ4v) is 1.37. The molecule has 0 radical (unpaired) electrons. The van der Waals surface area contributed by atoms with Crippen molar-refractivity contribution >= 4 is 11.6 Å². The van der Waals surface area contributed by atoms with Crippen LogP contribution >= 0.6 is 11.6 Å². The minimum absolute atomic E-state index is 0.246. The normalized spacial score (nSPS) is 12.5. The number of rotatable bonds is 4. The number of hydrogen-bond donors (Lipinski definition) is 1. The van der Waals surface area contributed by atoms with Crippen molar-refractivity contribution in [2.75, 3.05) is 6.54 Å². The monoisotopic (exact) mass is 222 g/mol. The predicted octanol–water partition coefficient (Wildman–Crippen LogP) is 3.15. The quantitative estimate of drug-likeness (QED) is 0.850. The van der Waals surface area contributed by atoms with Gasteiger partial charge in [0.05, 0.1) is 6.07 Å². The molecule has 0 bridgehead atoms. The summed E-state index contributed by atoms with van der Waals surface area (Å²) in [5.41, 5.74) is 0.961. The molecule has 0 amide bonds. The topological polar surface area (TPSA) is 35.8 Å². The van der Waals surface area contributed by atoms with Gasteiger partial charge in [-0.05, 0) is 30.2 Å². The Morgan fingerprint density at radius 3 is 2.40 bits per heavy atom. The first-order valence-electron chi connectivity index (χ1n) is 5.02. The average molecular weight is 223 g/mol. The van der Waals surface area contributed by atoms with Crippen LogP contribution in [0.15, 0.2) is 24.3 Å². The molecule has 1 aromatic carbocycles. The van der Waals surface area contributed by atoms with E-state index in [9.17, 15) is 0 Å². The van der Waals surface area contributed by atoms with Crippen LogP contribution in [0.4, 0.5) is 0 Å². The minimum atomic E-state index is -0.246. The Hall–Kier alpha value is -1.04. The lowest BCUT2D eigenvalue weighted by Gasteiger charge is -2.13. The second-order valence-corrected chi connectivity index (χ2v) is 4.35. The van der Waals surface area contributed by atoms with Crippen molar-refractivity contribution in [2.45, 2.75) is 19.9 Å². The van der Waals surface area contributed by atoms with Crippen LogP contribution in [0.1, 0.15) is 25.5 Å². The lowest BCUT2D eigenvalue weighted by molar-refractivity contribution is 0.525. The number of nitrogens with zero attached hydrogens (tertiary/aromatic N) is 1. The van der Waals surface area contributed by atoms with Gasteiger partial charge in [-0.3, -0.25) is 5.32 Å². The van der Waals surface area contributed by atoms with Gasteiger partial charge < -0.3 is 0 Å². The molecule has 0 fully saturated rings. The van der Waals surface area contributed by atoms with Gasteiger partial charge in [0.2, 0.25) is 0 Å². The molecule has 2 nitrogen and oxygen atoms in total. The van der Waals surface area contributed by atoms with Crippen molar-refractivity contribution in [3.8, 4) is 6.07 Å². The zero-order valence-electron chi connectivity index (χ0n) is 9.00. The molecule has 1 atom stereocenters. The van der Waals surface area contributed by atoms with E-state index in [1.54, 1.807) is 12.1 Å². The van der Waals surface area contributed by atoms with Crippen molar-refractivity contribution in [2.24, 2.45) is 5.92 Å². The number of benzene rings is 1. The summed E-state index contributed by atoms with van der Waals surface area (Å²) in [4.78, 5) is 0. The highest BCUT2D eigenvalue weighted by atomic mass is 35.5. The zero-order valence-corrected chi connectivity index (χ0v) is 9.75. The Morgan fingerprint density at radius 1 is 1.33 bits per heavy atom. The van der Waals surface area contributed by atoms with Gasteiger partial charge in [-0.1, -0.05) is 37.6 Å². The van der Waals surface area contributed by atoms with E-state index in [0.29, 0.717) is 10.9 Å². The third-order valence-corrected chi connectivity index (χ3v) is 2.31. The molecular formula is C12H15ClN2. The molecule has 0 aliphatic heterocycles. The van der Waals surface area contributed by atoms with Gasteiger partial charge in [-0.2, -0.15) is 5.26 Å².